The van der Waals surface area contributed by atoms with Crippen LogP contribution in [0.1, 0.15) is 59.9 Å². The van der Waals surface area contributed by atoms with Crippen molar-refractivity contribution in [1.29, 1.82) is 0 Å². The predicted octanol–water partition coefficient (Wildman–Crippen LogP) is 2.18. The van der Waals surface area contributed by atoms with Crippen LogP contribution in [0.25, 0.3) is 0 Å². The van der Waals surface area contributed by atoms with E-state index in [2.05, 4.69) is 15.5 Å². The van der Waals surface area contributed by atoms with Gasteiger partial charge in [-0.05, 0) is 18.9 Å². The first-order valence-corrected chi connectivity index (χ1v) is 10.8. The van der Waals surface area contributed by atoms with Gasteiger partial charge in [0.05, 0.1) is 9.77 Å². The van der Waals surface area contributed by atoms with Gasteiger partial charge < -0.3 is 9.84 Å². The van der Waals surface area contributed by atoms with E-state index < -0.39 is 10.0 Å². The number of nitrogens with zero attached hydrogens (tertiary/aromatic N) is 3. The number of piperidine rings is 1. The lowest BCUT2D eigenvalue weighted by Gasteiger charge is -2.29. The Kier molecular flexibility index (Phi) is 5.44. The minimum atomic E-state index is -3.60. The number of rotatable bonds is 5. The average molecular weight is 399 g/mol. The smallest absolute Gasteiger partial charge is 0.261 e. The lowest BCUT2D eigenvalue weighted by atomic mass is 9.98. The van der Waals surface area contributed by atoms with Crippen molar-refractivity contribution in [1.82, 2.24) is 19.8 Å². The molecule has 0 aromatic carbocycles. The van der Waals surface area contributed by atoms with Crippen LogP contribution >= 0.6 is 11.3 Å². The van der Waals surface area contributed by atoms with E-state index in [0.29, 0.717) is 42.5 Å². The molecule has 1 fully saturated rings. The van der Waals surface area contributed by atoms with Crippen LogP contribution in [0, 0.1) is 0 Å². The summed E-state index contributed by atoms with van der Waals surface area (Å²) in [6, 6.07) is 1.43. The lowest BCUT2D eigenvalue weighted by molar-refractivity contribution is 0.0967. The summed E-state index contributed by atoms with van der Waals surface area (Å²) >= 11 is 1.12. The van der Waals surface area contributed by atoms with Crippen LogP contribution in [0.2, 0.25) is 0 Å². The van der Waals surface area contributed by atoms with Crippen molar-refractivity contribution in [2.75, 3.05) is 20.1 Å². The molecule has 1 amide bonds. The molecule has 3 heterocycles. The molecule has 1 aliphatic heterocycles. The molecule has 0 saturated carbocycles. The Morgan fingerprint density at radius 1 is 1.38 bits per heavy atom. The van der Waals surface area contributed by atoms with Gasteiger partial charge >= 0.3 is 0 Å². The van der Waals surface area contributed by atoms with Gasteiger partial charge in [-0.3, -0.25) is 4.79 Å². The Morgan fingerprint density at radius 3 is 2.65 bits per heavy atom. The Labute approximate surface area is 156 Å². The molecule has 0 spiro atoms. The summed E-state index contributed by atoms with van der Waals surface area (Å²) in [5, 5.41) is 7.99. The first kappa shape index (κ1) is 19.0. The topological polar surface area (TPSA) is 105 Å². The maximum Gasteiger partial charge on any atom is 0.261 e. The van der Waals surface area contributed by atoms with E-state index in [9.17, 15) is 13.2 Å². The minimum Gasteiger partial charge on any atom is -0.354 e. The molecule has 0 atom stereocenters. The van der Waals surface area contributed by atoms with Gasteiger partial charge in [-0.2, -0.15) is 9.29 Å². The third kappa shape index (κ3) is 3.67. The van der Waals surface area contributed by atoms with Crippen LogP contribution < -0.4 is 5.32 Å². The first-order chi connectivity index (χ1) is 12.3. The van der Waals surface area contributed by atoms with Gasteiger partial charge in [-0.25, -0.2) is 8.42 Å². The molecule has 0 unspecified atom stereocenters. The minimum absolute atomic E-state index is 0.0744. The second-order valence-corrected chi connectivity index (χ2v) is 9.40. The van der Waals surface area contributed by atoms with Crippen molar-refractivity contribution in [3.63, 3.8) is 0 Å². The monoisotopic (exact) mass is 398 g/mol. The zero-order valence-corrected chi connectivity index (χ0v) is 16.6. The molecule has 0 radical (unpaired) electrons. The number of nitrogens with one attached hydrogen (secondary N) is 1. The highest BCUT2D eigenvalue weighted by Crippen LogP contribution is 2.31. The molecule has 0 bridgehead atoms. The van der Waals surface area contributed by atoms with E-state index in [4.69, 9.17) is 4.52 Å². The van der Waals surface area contributed by atoms with Gasteiger partial charge in [0.25, 0.3) is 5.91 Å². The average Bonchev–Trinajstić information content (AvgIpc) is 3.31. The summed E-state index contributed by atoms with van der Waals surface area (Å²) in [4.78, 5) is 16.6. The number of thiophene rings is 1. The van der Waals surface area contributed by atoms with Gasteiger partial charge in [-0.15, -0.1) is 11.3 Å². The highest BCUT2D eigenvalue weighted by atomic mass is 32.2. The van der Waals surface area contributed by atoms with Crippen LogP contribution in [-0.4, -0.2) is 48.9 Å². The van der Waals surface area contributed by atoms with Gasteiger partial charge in [0, 0.05) is 37.4 Å². The molecular weight excluding hydrogens is 376 g/mol. The SMILES string of the molecule is CNC(=O)c1cc(S(=O)(=O)N2CCC(c3nc(C(C)C)no3)CC2)cs1. The summed E-state index contributed by atoms with van der Waals surface area (Å²) in [6.07, 6.45) is 1.26. The van der Waals surface area contributed by atoms with E-state index in [1.54, 1.807) is 0 Å². The molecule has 1 N–H and O–H groups in total. The third-order valence-corrected chi connectivity index (χ3v) is 7.40. The van der Waals surface area contributed by atoms with Gasteiger partial charge in [-0.1, -0.05) is 19.0 Å². The summed E-state index contributed by atoms with van der Waals surface area (Å²) in [5.41, 5.74) is 0. The van der Waals surface area contributed by atoms with Crippen molar-refractivity contribution < 1.29 is 17.7 Å². The van der Waals surface area contributed by atoms with Crippen LogP contribution in [0.4, 0.5) is 0 Å². The molecule has 0 aliphatic carbocycles. The van der Waals surface area contributed by atoms with Gasteiger partial charge in [0.2, 0.25) is 15.9 Å². The fourth-order valence-corrected chi connectivity index (χ4v) is 5.51. The largest absolute Gasteiger partial charge is 0.354 e. The van der Waals surface area contributed by atoms with E-state index in [1.807, 2.05) is 13.8 Å². The second kappa shape index (κ2) is 7.45. The molecule has 2 aromatic heterocycles. The van der Waals surface area contributed by atoms with Crippen molar-refractivity contribution in [2.45, 2.75) is 43.4 Å². The number of hydrogen-bond donors (Lipinski definition) is 1. The molecule has 2 aromatic rings. The fourth-order valence-electron chi connectivity index (χ4n) is 2.84. The van der Waals surface area contributed by atoms with Crippen LogP contribution in [0.3, 0.4) is 0 Å². The van der Waals surface area contributed by atoms with Crippen LogP contribution in [-0.2, 0) is 10.0 Å². The van der Waals surface area contributed by atoms with Crippen LogP contribution in [0.5, 0.6) is 0 Å². The quantitative estimate of drug-likeness (QED) is 0.828. The summed E-state index contributed by atoms with van der Waals surface area (Å²) < 4.78 is 32.4. The standard InChI is InChI=1S/C16H22N4O4S2/c1-10(2)14-18-16(24-19-14)11-4-6-20(7-5-11)26(22,23)12-8-13(25-9-12)15(21)17-3/h8-11H,4-7H2,1-3H3,(H,17,21). The Bertz CT molecular complexity index is 880. The van der Waals surface area contributed by atoms with Crippen molar-refractivity contribution in [3.05, 3.63) is 28.0 Å². The number of hydrogen-bond acceptors (Lipinski definition) is 7. The van der Waals surface area contributed by atoms with E-state index in [1.165, 1.54) is 22.8 Å². The van der Waals surface area contributed by atoms with E-state index >= 15 is 0 Å². The molecule has 142 valence electrons. The number of amides is 1. The maximum atomic E-state index is 12.8. The van der Waals surface area contributed by atoms with Gasteiger partial charge in [0.1, 0.15) is 0 Å². The lowest BCUT2D eigenvalue weighted by Crippen LogP contribution is -2.37. The fraction of sp³-hybridized carbons (Fsp3) is 0.562. The van der Waals surface area contributed by atoms with Gasteiger partial charge in [0.15, 0.2) is 5.82 Å². The number of carbonyl (C=O) groups is 1. The highest BCUT2D eigenvalue weighted by Gasteiger charge is 2.33. The summed E-state index contributed by atoms with van der Waals surface area (Å²) in [6.45, 7) is 4.77. The molecular formula is C16H22N4O4S2. The number of carbonyl (C=O) groups excluding carboxylic acids is 1. The van der Waals surface area contributed by atoms with Crippen LogP contribution in [0.15, 0.2) is 20.9 Å². The Hall–Kier alpha value is -1.78. The molecule has 26 heavy (non-hydrogen) atoms. The highest BCUT2D eigenvalue weighted by molar-refractivity contribution is 7.89. The van der Waals surface area contributed by atoms with E-state index in [0.717, 1.165) is 11.3 Å². The van der Waals surface area contributed by atoms with Crippen molar-refractivity contribution >= 4 is 27.3 Å². The zero-order valence-electron chi connectivity index (χ0n) is 14.9. The first-order valence-electron chi connectivity index (χ1n) is 8.47. The molecule has 1 saturated heterocycles. The predicted molar refractivity (Wildman–Crippen MR) is 96.8 cm³/mol. The maximum absolute atomic E-state index is 12.8. The normalized spacial score (nSPS) is 16.9. The Balaban J connectivity index is 1.68. The summed E-state index contributed by atoms with van der Waals surface area (Å²) in [7, 11) is -2.08. The van der Waals surface area contributed by atoms with E-state index in [-0.39, 0.29) is 22.6 Å². The number of aromatic nitrogens is 2. The second-order valence-electron chi connectivity index (χ2n) is 6.55. The van der Waals surface area contributed by atoms with Crippen molar-refractivity contribution in [3.8, 4) is 0 Å². The number of sulfonamides is 1. The Morgan fingerprint density at radius 2 is 2.08 bits per heavy atom. The van der Waals surface area contributed by atoms with Crippen molar-refractivity contribution in [2.24, 2.45) is 0 Å². The third-order valence-electron chi connectivity index (χ3n) is 4.44. The molecule has 8 nitrogen and oxygen atoms in total. The zero-order chi connectivity index (χ0) is 18.9. The summed E-state index contributed by atoms with van der Waals surface area (Å²) in [5.74, 6) is 1.25. The molecule has 3 rings (SSSR count). The molecule has 10 heteroatoms. The molecule has 1 aliphatic rings.